The van der Waals surface area contributed by atoms with Crippen molar-refractivity contribution >= 4 is 11.8 Å². The zero-order chi connectivity index (χ0) is 14.1. The van der Waals surface area contributed by atoms with Gasteiger partial charge < -0.3 is 14.9 Å². The molecular weight excluding hydrogens is 256 g/mol. The molecule has 1 N–H and O–H groups in total. The van der Waals surface area contributed by atoms with Crippen molar-refractivity contribution < 1.29 is 14.7 Å². The highest BCUT2D eigenvalue weighted by Gasteiger charge is 2.43. The molecule has 20 heavy (non-hydrogen) atoms. The van der Waals surface area contributed by atoms with E-state index in [1.807, 2.05) is 9.80 Å². The van der Waals surface area contributed by atoms with Gasteiger partial charge in [0, 0.05) is 25.6 Å². The van der Waals surface area contributed by atoms with Crippen molar-refractivity contribution in [1.29, 1.82) is 0 Å². The molecule has 5 heteroatoms. The number of aliphatic hydroxyl groups excluding tert-OH is 1. The molecule has 2 amide bonds. The first-order chi connectivity index (χ1) is 9.70. The van der Waals surface area contributed by atoms with Crippen LogP contribution in [0.15, 0.2) is 0 Å². The fourth-order valence-electron chi connectivity index (χ4n) is 3.53. The fourth-order valence-corrected chi connectivity index (χ4v) is 3.53. The lowest BCUT2D eigenvalue weighted by Crippen LogP contribution is -2.45. The minimum Gasteiger partial charge on any atom is -0.394 e. The molecule has 1 aliphatic carbocycles. The normalized spacial score (nSPS) is 31.6. The first-order valence-electron chi connectivity index (χ1n) is 7.91. The van der Waals surface area contributed by atoms with E-state index < -0.39 is 0 Å². The van der Waals surface area contributed by atoms with E-state index in [1.54, 1.807) is 0 Å². The minimum absolute atomic E-state index is 0.0404. The highest BCUT2D eigenvalue weighted by molar-refractivity contribution is 5.89. The van der Waals surface area contributed by atoms with Crippen LogP contribution in [0.2, 0.25) is 0 Å². The van der Waals surface area contributed by atoms with Crippen molar-refractivity contribution in [3.8, 4) is 0 Å². The molecule has 0 aromatic carbocycles. The molecule has 112 valence electrons. The summed E-state index contributed by atoms with van der Waals surface area (Å²) in [6.45, 7) is 1.37. The van der Waals surface area contributed by atoms with Gasteiger partial charge in [-0.3, -0.25) is 9.59 Å². The smallest absolute Gasteiger partial charge is 0.228 e. The molecule has 0 aromatic heterocycles. The highest BCUT2D eigenvalue weighted by atomic mass is 16.3. The molecule has 0 radical (unpaired) electrons. The summed E-state index contributed by atoms with van der Waals surface area (Å²) in [5, 5.41) is 9.51. The Hall–Kier alpha value is -1.10. The Labute approximate surface area is 119 Å². The van der Waals surface area contributed by atoms with E-state index in [-0.39, 0.29) is 30.4 Å². The van der Waals surface area contributed by atoms with Gasteiger partial charge in [-0.2, -0.15) is 0 Å². The van der Waals surface area contributed by atoms with Crippen molar-refractivity contribution in [1.82, 2.24) is 9.80 Å². The second-order valence-electron chi connectivity index (χ2n) is 6.40. The van der Waals surface area contributed by atoms with Crippen LogP contribution in [-0.4, -0.2) is 58.5 Å². The topological polar surface area (TPSA) is 60.9 Å². The van der Waals surface area contributed by atoms with Gasteiger partial charge in [0.25, 0.3) is 0 Å². The van der Waals surface area contributed by atoms with Crippen LogP contribution in [0.1, 0.15) is 44.9 Å². The predicted molar refractivity (Wildman–Crippen MR) is 73.9 cm³/mol. The van der Waals surface area contributed by atoms with E-state index in [9.17, 15) is 14.7 Å². The number of amides is 2. The Morgan fingerprint density at radius 2 is 2.00 bits per heavy atom. The first-order valence-corrected chi connectivity index (χ1v) is 7.91. The number of carbonyl (C=O) groups excluding carboxylic acids is 2. The van der Waals surface area contributed by atoms with Crippen molar-refractivity contribution in [2.75, 3.05) is 19.7 Å². The number of hydrogen-bond acceptors (Lipinski definition) is 3. The number of rotatable bonds is 3. The summed E-state index contributed by atoms with van der Waals surface area (Å²) >= 11 is 0. The third kappa shape index (κ3) is 2.68. The van der Waals surface area contributed by atoms with Gasteiger partial charge in [0.05, 0.1) is 18.6 Å². The van der Waals surface area contributed by atoms with E-state index in [4.69, 9.17) is 0 Å². The van der Waals surface area contributed by atoms with Crippen LogP contribution < -0.4 is 0 Å². The van der Waals surface area contributed by atoms with Crippen LogP contribution in [0.3, 0.4) is 0 Å². The Balaban J connectivity index is 1.66. The maximum atomic E-state index is 12.7. The van der Waals surface area contributed by atoms with E-state index in [0.29, 0.717) is 19.0 Å². The maximum absolute atomic E-state index is 12.7. The molecule has 2 atom stereocenters. The number of aliphatic hydroxyl groups is 1. The van der Waals surface area contributed by atoms with Gasteiger partial charge in [-0.05, 0) is 25.7 Å². The third-order valence-corrected chi connectivity index (χ3v) is 4.87. The summed E-state index contributed by atoms with van der Waals surface area (Å²) < 4.78 is 0. The molecule has 2 aliphatic heterocycles. The van der Waals surface area contributed by atoms with Crippen LogP contribution in [0.5, 0.6) is 0 Å². The average Bonchev–Trinajstić information content (AvgIpc) is 3.24. The van der Waals surface area contributed by atoms with E-state index in [1.165, 1.54) is 0 Å². The summed E-state index contributed by atoms with van der Waals surface area (Å²) in [6, 6.07) is 0.355. The Morgan fingerprint density at radius 1 is 1.20 bits per heavy atom. The molecule has 3 rings (SSSR count). The quantitative estimate of drug-likeness (QED) is 0.830. The third-order valence-electron chi connectivity index (χ3n) is 4.87. The lowest BCUT2D eigenvalue weighted by Gasteiger charge is -2.30. The van der Waals surface area contributed by atoms with Crippen molar-refractivity contribution in [3.05, 3.63) is 0 Å². The molecule has 0 bridgehead atoms. The lowest BCUT2D eigenvalue weighted by atomic mass is 10.0. The largest absolute Gasteiger partial charge is 0.394 e. The van der Waals surface area contributed by atoms with E-state index in [0.717, 1.165) is 45.1 Å². The fraction of sp³-hybridized carbons (Fsp3) is 0.867. The van der Waals surface area contributed by atoms with Crippen molar-refractivity contribution in [2.24, 2.45) is 5.92 Å². The maximum Gasteiger partial charge on any atom is 0.228 e. The van der Waals surface area contributed by atoms with Gasteiger partial charge in [0.15, 0.2) is 0 Å². The van der Waals surface area contributed by atoms with Crippen LogP contribution >= 0.6 is 0 Å². The van der Waals surface area contributed by atoms with Crippen LogP contribution in [0, 0.1) is 5.92 Å². The molecule has 2 unspecified atom stereocenters. The second kappa shape index (κ2) is 5.72. The summed E-state index contributed by atoms with van der Waals surface area (Å²) in [4.78, 5) is 28.4. The molecule has 1 saturated carbocycles. The summed E-state index contributed by atoms with van der Waals surface area (Å²) in [5.41, 5.74) is 0. The van der Waals surface area contributed by atoms with Crippen LogP contribution in [0.4, 0.5) is 0 Å². The molecule has 0 spiro atoms. The molecule has 2 saturated heterocycles. The number of nitrogens with zero attached hydrogens (tertiary/aromatic N) is 2. The van der Waals surface area contributed by atoms with E-state index >= 15 is 0 Å². The Bertz CT molecular complexity index is 395. The zero-order valence-corrected chi connectivity index (χ0v) is 12.0. The Kier molecular flexibility index (Phi) is 3.96. The summed E-state index contributed by atoms with van der Waals surface area (Å²) in [5.74, 6) is 0.0407. The summed E-state index contributed by atoms with van der Waals surface area (Å²) in [7, 11) is 0. The number of likely N-dealkylation sites (tertiary alicyclic amines) is 2. The summed E-state index contributed by atoms with van der Waals surface area (Å²) in [6.07, 6.45) is 6.64. The van der Waals surface area contributed by atoms with Gasteiger partial charge in [-0.25, -0.2) is 0 Å². The molecule has 3 aliphatic rings. The molecular formula is C15H24N2O3. The second-order valence-corrected chi connectivity index (χ2v) is 6.40. The van der Waals surface area contributed by atoms with Crippen molar-refractivity contribution in [2.45, 2.75) is 57.0 Å². The molecule has 0 aromatic rings. The van der Waals surface area contributed by atoms with Gasteiger partial charge >= 0.3 is 0 Å². The average molecular weight is 280 g/mol. The minimum atomic E-state index is -0.185. The van der Waals surface area contributed by atoms with Gasteiger partial charge in [-0.15, -0.1) is 0 Å². The number of carbonyl (C=O) groups is 2. The van der Waals surface area contributed by atoms with Crippen LogP contribution in [-0.2, 0) is 9.59 Å². The van der Waals surface area contributed by atoms with Gasteiger partial charge in [-0.1, -0.05) is 12.8 Å². The lowest BCUT2D eigenvalue weighted by molar-refractivity contribution is -0.138. The molecule has 2 heterocycles. The first kappa shape index (κ1) is 13.9. The highest BCUT2D eigenvalue weighted by Crippen LogP contribution is 2.33. The predicted octanol–water partition coefficient (Wildman–Crippen LogP) is 0.761. The van der Waals surface area contributed by atoms with E-state index in [2.05, 4.69) is 0 Å². The molecule has 3 fully saturated rings. The standard InChI is InChI=1S/C15H24N2O3/c18-10-13-4-2-1-3-7-16(13)15(20)11-8-14(19)17(9-11)12-5-6-12/h11-13,18H,1-10H2. The van der Waals surface area contributed by atoms with Gasteiger partial charge in [0.2, 0.25) is 11.8 Å². The van der Waals surface area contributed by atoms with Gasteiger partial charge in [0.1, 0.15) is 0 Å². The monoisotopic (exact) mass is 280 g/mol. The van der Waals surface area contributed by atoms with Crippen LogP contribution in [0.25, 0.3) is 0 Å². The zero-order valence-electron chi connectivity index (χ0n) is 12.0. The Morgan fingerprint density at radius 3 is 2.70 bits per heavy atom. The number of hydrogen-bond donors (Lipinski definition) is 1. The SMILES string of the molecule is O=C1CC(C(=O)N2CCCCCC2CO)CN1C1CC1. The van der Waals surface area contributed by atoms with Crippen molar-refractivity contribution in [3.63, 3.8) is 0 Å². The molecule has 5 nitrogen and oxygen atoms in total.